The van der Waals surface area contributed by atoms with Gasteiger partial charge in [-0.3, -0.25) is 0 Å². The minimum atomic E-state index is -0.849. The molecule has 28 heavy (non-hydrogen) atoms. The van der Waals surface area contributed by atoms with Crippen LogP contribution in [-0.4, -0.2) is 23.7 Å². The van der Waals surface area contributed by atoms with Crippen LogP contribution in [0.2, 0.25) is 0 Å². The fourth-order valence-corrected chi connectivity index (χ4v) is 3.29. The van der Waals surface area contributed by atoms with E-state index in [4.69, 9.17) is 13.9 Å². The second kappa shape index (κ2) is 7.66. The van der Waals surface area contributed by atoms with Crippen molar-refractivity contribution in [3.63, 3.8) is 0 Å². The van der Waals surface area contributed by atoms with E-state index in [1.807, 2.05) is 0 Å². The Bertz CT molecular complexity index is 969. The third-order valence-electron chi connectivity index (χ3n) is 4.55. The Morgan fingerprint density at radius 2 is 1.93 bits per heavy atom. The van der Waals surface area contributed by atoms with Crippen molar-refractivity contribution in [2.45, 2.75) is 65.0 Å². The van der Waals surface area contributed by atoms with Gasteiger partial charge in [0.25, 0.3) is 0 Å². The maximum atomic E-state index is 12.5. The molecule has 1 aromatic heterocycles. The number of benzene rings is 1. The molecule has 2 aromatic rings. The molecule has 1 heterocycles. The number of carbonyl (C=O) groups excluding carboxylic acids is 2. The smallest absolute Gasteiger partial charge is 0.408 e. The van der Waals surface area contributed by atoms with Gasteiger partial charge >= 0.3 is 17.7 Å². The molecule has 0 bridgehead atoms. The zero-order valence-electron chi connectivity index (χ0n) is 16.6. The first-order chi connectivity index (χ1) is 13.2. The summed E-state index contributed by atoms with van der Waals surface area (Å²) in [5.41, 5.74) is 1.15. The molecule has 0 radical (unpaired) electrons. The summed E-state index contributed by atoms with van der Waals surface area (Å²) in [4.78, 5) is 36.5. The number of alkyl carbamates (subject to hydrolysis) is 1. The van der Waals surface area contributed by atoms with Gasteiger partial charge in [0.2, 0.25) is 0 Å². The monoisotopic (exact) mass is 387 g/mol. The van der Waals surface area contributed by atoms with Gasteiger partial charge in [0.1, 0.15) is 23.0 Å². The number of amides is 1. The molecule has 0 spiro atoms. The maximum Gasteiger partial charge on any atom is 0.408 e. The van der Waals surface area contributed by atoms with Crippen LogP contribution in [0.25, 0.3) is 11.0 Å². The summed E-state index contributed by atoms with van der Waals surface area (Å²) in [5.74, 6) is -0.362. The average Bonchev–Trinajstić information content (AvgIpc) is 3.08. The molecule has 3 rings (SSSR count). The van der Waals surface area contributed by atoms with Crippen LogP contribution in [0.5, 0.6) is 5.75 Å². The van der Waals surface area contributed by atoms with E-state index in [0.717, 1.165) is 35.8 Å². The van der Waals surface area contributed by atoms with Crippen molar-refractivity contribution < 1.29 is 23.5 Å². The molecule has 0 saturated heterocycles. The lowest BCUT2D eigenvalue weighted by Gasteiger charge is -2.22. The summed E-state index contributed by atoms with van der Waals surface area (Å²) in [6.45, 7) is 6.98. The molecule has 7 nitrogen and oxygen atoms in total. The Balaban J connectivity index is 1.76. The number of nitrogens with one attached hydrogen (secondary N) is 1. The summed E-state index contributed by atoms with van der Waals surface area (Å²) in [5, 5.41) is 3.38. The van der Waals surface area contributed by atoms with Crippen molar-refractivity contribution in [1.29, 1.82) is 0 Å². The van der Waals surface area contributed by atoms with Gasteiger partial charge in [-0.05, 0) is 64.2 Å². The number of rotatable bonds is 4. The fraction of sp³-hybridized carbons (Fsp3) is 0.476. The highest BCUT2D eigenvalue weighted by Crippen LogP contribution is 2.29. The highest BCUT2D eigenvalue weighted by molar-refractivity contribution is 5.86. The lowest BCUT2D eigenvalue weighted by molar-refractivity contribution is -0.136. The Hall–Kier alpha value is -2.83. The molecule has 150 valence electrons. The van der Waals surface area contributed by atoms with E-state index in [2.05, 4.69) is 5.32 Å². The van der Waals surface area contributed by atoms with E-state index in [0.29, 0.717) is 12.0 Å². The first-order valence-electron chi connectivity index (χ1n) is 9.47. The second-order valence-electron chi connectivity index (χ2n) is 7.89. The third-order valence-corrected chi connectivity index (χ3v) is 4.55. The molecular weight excluding hydrogens is 362 g/mol. The number of esters is 1. The van der Waals surface area contributed by atoms with E-state index in [1.54, 1.807) is 39.8 Å². The molecule has 1 aromatic carbocycles. The van der Waals surface area contributed by atoms with Gasteiger partial charge in [-0.25, -0.2) is 14.4 Å². The Labute approximate surface area is 163 Å². The Morgan fingerprint density at radius 3 is 2.61 bits per heavy atom. The third kappa shape index (κ3) is 4.35. The minimum Gasteiger partial charge on any atom is -0.444 e. The van der Waals surface area contributed by atoms with Crippen LogP contribution in [0.1, 0.15) is 51.7 Å². The Kier molecular flexibility index (Phi) is 5.45. The van der Waals surface area contributed by atoms with Gasteiger partial charge in [0, 0.05) is 17.0 Å². The highest BCUT2D eigenvalue weighted by Gasteiger charge is 2.25. The van der Waals surface area contributed by atoms with Crippen LogP contribution in [0.4, 0.5) is 4.79 Å². The SMILES string of the molecule is CC[C@@H](NC(=O)OC(C)(C)C)C(=O)Oc1ccc2c3c(c(=O)oc2c1)CCC3. The summed E-state index contributed by atoms with van der Waals surface area (Å²) in [6, 6.07) is 4.15. The lowest BCUT2D eigenvalue weighted by atomic mass is 10.1. The van der Waals surface area contributed by atoms with E-state index < -0.39 is 23.7 Å². The number of ether oxygens (including phenoxy) is 2. The van der Waals surface area contributed by atoms with Crippen LogP contribution in [-0.2, 0) is 22.4 Å². The predicted octanol–water partition coefficient (Wildman–Crippen LogP) is 3.49. The lowest BCUT2D eigenvalue weighted by Crippen LogP contribution is -2.44. The first kappa shape index (κ1) is 19.9. The molecule has 7 heteroatoms. The first-order valence-corrected chi connectivity index (χ1v) is 9.47. The molecular formula is C21H25NO6. The van der Waals surface area contributed by atoms with E-state index >= 15 is 0 Å². The molecule has 0 unspecified atom stereocenters. The van der Waals surface area contributed by atoms with Crippen molar-refractivity contribution in [3.8, 4) is 5.75 Å². The van der Waals surface area contributed by atoms with Crippen molar-refractivity contribution in [2.75, 3.05) is 0 Å². The molecule has 1 amide bonds. The molecule has 0 aliphatic heterocycles. The van der Waals surface area contributed by atoms with Crippen molar-refractivity contribution in [2.24, 2.45) is 0 Å². The van der Waals surface area contributed by atoms with Crippen molar-refractivity contribution in [1.82, 2.24) is 5.32 Å². The second-order valence-corrected chi connectivity index (χ2v) is 7.89. The molecule has 0 saturated carbocycles. The maximum absolute atomic E-state index is 12.5. The zero-order chi connectivity index (χ0) is 20.5. The fourth-order valence-electron chi connectivity index (χ4n) is 3.29. The van der Waals surface area contributed by atoms with Crippen LogP contribution >= 0.6 is 0 Å². The number of aryl methyl sites for hydroxylation is 1. The molecule has 1 atom stereocenters. The number of carbonyl (C=O) groups is 2. The van der Waals surface area contributed by atoms with Crippen LogP contribution < -0.4 is 15.7 Å². The highest BCUT2D eigenvalue weighted by atomic mass is 16.6. The topological polar surface area (TPSA) is 94.8 Å². The van der Waals surface area contributed by atoms with E-state index in [-0.39, 0.29) is 11.4 Å². The summed E-state index contributed by atoms with van der Waals surface area (Å²) >= 11 is 0. The molecule has 1 N–H and O–H groups in total. The summed E-state index contributed by atoms with van der Waals surface area (Å²) in [6.07, 6.45) is 2.17. The van der Waals surface area contributed by atoms with Gasteiger partial charge in [-0.2, -0.15) is 0 Å². The van der Waals surface area contributed by atoms with Crippen molar-refractivity contribution in [3.05, 3.63) is 39.7 Å². The number of hydrogen-bond donors (Lipinski definition) is 1. The van der Waals surface area contributed by atoms with Gasteiger partial charge in [-0.15, -0.1) is 0 Å². The number of hydrogen-bond acceptors (Lipinski definition) is 6. The Morgan fingerprint density at radius 1 is 1.21 bits per heavy atom. The minimum absolute atomic E-state index is 0.253. The number of fused-ring (bicyclic) bond motifs is 3. The quantitative estimate of drug-likeness (QED) is 0.490. The van der Waals surface area contributed by atoms with Gasteiger partial charge in [0.15, 0.2) is 0 Å². The standard InChI is InChI=1S/C21H25NO6/c1-5-16(22-20(25)28-21(2,3)4)19(24)26-12-9-10-14-13-7-6-8-15(13)18(23)27-17(14)11-12/h9-11,16H,5-8H2,1-4H3,(H,22,25)/t16-/m1/s1. The average molecular weight is 387 g/mol. The summed E-state index contributed by atoms with van der Waals surface area (Å²) in [7, 11) is 0. The van der Waals surface area contributed by atoms with Gasteiger partial charge in [-0.1, -0.05) is 6.92 Å². The normalized spacial score (nSPS) is 14.4. The van der Waals surface area contributed by atoms with Crippen molar-refractivity contribution >= 4 is 23.0 Å². The van der Waals surface area contributed by atoms with Crippen LogP contribution in [0.3, 0.4) is 0 Å². The van der Waals surface area contributed by atoms with E-state index in [9.17, 15) is 14.4 Å². The summed E-state index contributed by atoms with van der Waals surface area (Å²) < 4.78 is 16.0. The molecule has 1 aliphatic rings. The molecule has 0 fully saturated rings. The van der Waals surface area contributed by atoms with Gasteiger partial charge in [0.05, 0.1) is 0 Å². The van der Waals surface area contributed by atoms with Crippen LogP contribution in [0, 0.1) is 0 Å². The largest absolute Gasteiger partial charge is 0.444 e. The molecule has 1 aliphatic carbocycles. The van der Waals surface area contributed by atoms with E-state index in [1.165, 1.54) is 6.07 Å². The van der Waals surface area contributed by atoms with Gasteiger partial charge < -0.3 is 19.2 Å². The van der Waals surface area contributed by atoms with Crippen LogP contribution in [0.15, 0.2) is 27.4 Å². The zero-order valence-corrected chi connectivity index (χ0v) is 16.6. The predicted molar refractivity (Wildman–Crippen MR) is 104 cm³/mol.